The molecule has 0 spiro atoms. The van der Waals surface area contributed by atoms with Gasteiger partial charge in [-0.25, -0.2) is 9.59 Å². The molecule has 0 aliphatic carbocycles. The number of amides is 2. The number of β-amino-alcohol motifs (C(OH)–C–C–N with tert-alkyl or cyclic N) is 1. The van der Waals surface area contributed by atoms with E-state index in [0.29, 0.717) is 19.4 Å². The van der Waals surface area contributed by atoms with Gasteiger partial charge < -0.3 is 24.8 Å². The fourth-order valence-electron chi connectivity index (χ4n) is 2.82. The number of carbonyl (C=O) groups excluding carboxylic acids is 2. The van der Waals surface area contributed by atoms with Crippen LogP contribution >= 0.6 is 0 Å². The molecular weight excluding hydrogens is 336 g/mol. The number of likely N-dealkylation sites (tertiary alicyclic amines) is 1. The molecule has 1 aliphatic heterocycles. The van der Waals surface area contributed by atoms with E-state index in [0.717, 1.165) is 5.56 Å². The first-order valence-corrected chi connectivity index (χ1v) is 8.87. The molecule has 1 aromatic rings. The van der Waals surface area contributed by atoms with Gasteiger partial charge in [-0.2, -0.15) is 0 Å². The third-order valence-corrected chi connectivity index (χ3v) is 3.98. The van der Waals surface area contributed by atoms with Crippen molar-refractivity contribution in [3.63, 3.8) is 0 Å². The molecule has 0 bridgehead atoms. The molecule has 1 aromatic carbocycles. The summed E-state index contributed by atoms with van der Waals surface area (Å²) < 4.78 is 10.5. The van der Waals surface area contributed by atoms with E-state index < -0.39 is 23.9 Å². The van der Waals surface area contributed by atoms with Crippen molar-refractivity contribution in [1.29, 1.82) is 0 Å². The number of hydrogen-bond donors (Lipinski definition) is 2. The highest BCUT2D eigenvalue weighted by Crippen LogP contribution is 2.23. The van der Waals surface area contributed by atoms with Gasteiger partial charge in [0, 0.05) is 12.6 Å². The smallest absolute Gasteiger partial charge is 0.410 e. The van der Waals surface area contributed by atoms with E-state index >= 15 is 0 Å². The Morgan fingerprint density at radius 3 is 2.62 bits per heavy atom. The zero-order valence-corrected chi connectivity index (χ0v) is 15.6. The van der Waals surface area contributed by atoms with Crippen LogP contribution in [0.4, 0.5) is 9.59 Å². The second-order valence-electron chi connectivity index (χ2n) is 7.45. The fraction of sp³-hybridized carbons (Fsp3) is 0.579. The maximum absolute atomic E-state index is 12.3. The number of rotatable bonds is 5. The predicted octanol–water partition coefficient (Wildman–Crippen LogP) is 2.67. The van der Waals surface area contributed by atoms with Gasteiger partial charge in [-0.3, -0.25) is 0 Å². The monoisotopic (exact) mass is 364 g/mol. The quantitative estimate of drug-likeness (QED) is 0.839. The predicted molar refractivity (Wildman–Crippen MR) is 96.6 cm³/mol. The van der Waals surface area contributed by atoms with Crippen LogP contribution in [0.15, 0.2) is 30.3 Å². The van der Waals surface area contributed by atoms with Crippen LogP contribution in [0.1, 0.15) is 39.2 Å². The standard InChI is InChI=1S/C19H28N2O5/c1-19(2,3)26-18(24)21-12-16(22)11-15(21)9-10-20-17(23)25-13-14-7-5-4-6-8-14/h4-8,15-16,22H,9-13H2,1-3H3,(H,20,23)/t15-,16-/m1/s1. The molecule has 0 unspecified atom stereocenters. The van der Waals surface area contributed by atoms with Gasteiger partial charge in [0.2, 0.25) is 0 Å². The number of alkyl carbamates (subject to hydrolysis) is 1. The molecule has 0 saturated carbocycles. The van der Waals surface area contributed by atoms with Crippen molar-refractivity contribution in [3.05, 3.63) is 35.9 Å². The Morgan fingerprint density at radius 1 is 1.27 bits per heavy atom. The first-order valence-electron chi connectivity index (χ1n) is 8.87. The largest absolute Gasteiger partial charge is 0.445 e. The lowest BCUT2D eigenvalue weighted by Crippen LogP contribution is -2.41. The third-order valence-electron chi connectivity index (χ3n) is 3.98. The number of ether oxygens (including phenoxy) is 2. The zero-order valence-electron chi connectivity index (χ0n) is 15.6. The molecule has 7 heteroatoms. The van der Waals surface area contributed by atoms with Crippen molar-refractivity contribution in [3.8, 4) is 0 Å². The van der Waals surface area contributed by atoms with Gasteiger partial charge in [-0.05, 0) is 39.2 Å². The Hall–Kier alpha value is -2.28. The summed E-state index contributed by atoms with van der Waals surface area (Å²) in [7, 11) is 0. The first-order chi connectivity index (χ1) is 12.2. The summed E-state index contributed by atoms with van der Waals surface area (Å²) in [5.41, 5.74) is 0.326. The Kier molecular flexibility index (Phi) is 6.85. The molecule has 26 heavy (non-hydrogen) atoms. The maximum atomic E-state index is 12.3. The topological polar surface area (TPSA) is 88.1 Å². The molecule has 1 aliphatic rings. The molecule has 1 saturated heterocycles. The third kappa shape index (κ3) is 6.55. The van der Waals surface area contributed by atoms with Crippen molar-refractivity contribution in [2.75, 3.05) is 13.1 Å². The van der Waals surface area contributed by atoms with Crippen LogP contribution in [0, 0.1) is 0 Å². The van der Waals surface area contributed by atoms with Crippen molar-refractivity contribution >= 4 is 12.2 Å². The van der Waals surface area contributed by atoms with E-state index in [4.69, 9.17) is 9.47 Å². The van der Waals surface area contributed by atoms with Gasteiger partial charge in [0.1, 0.15) is 12.2 Å². The average molecular weight is 364 g/mol. The normalized spacial score (nSPS) is 19.9. The van der Waals surface area contributed by atoms with E-state index in [1.807, 2.05) is 30.3 Å². The van der Waals surface area contributed by atoms with Crippen LogP contribution in [0.5, 0.6) is 0 Å². The molecule has 144 valence electrons. The second-order valence-corrected chi connectivity index (χ2v) is 7.45. The summed E-state index contributed by atoms with van der Waals surface area (Å²) >= 11 is 0. The molecule has 0 aromatic heterocycles. The highest BCUT2D eigenvalue weighted by atomic mass is 16.6. The number of benzene rings is 1. The Morgan fingerprint density at radius 2 is 1.96 bits per heavy atom. The molecule has 0 radical (unpaired) electrons. The van der Waals surface area contributed by atoms with Gasteiger partial charge in [-0.15, -0.1) is 0 Å². The van der Waals surface area contributed by atoms with Gasteiger partial charge in [-0.1, -0.05) is 30.3 Å². The first kappa shape index (κ1) is 20.0. The van der Waals surface area contributed by atoms with Crippen LogP contribution in [0.3, 0.4) is 0 Å². The van der Waals surface area contributed by atoms with Crippen LogP contribution in [-0.2, 0) is 16.1 Å². The molecular formula is C19H28N2O5. The maximum Gasteiger partial charge on any atom is 0.410 e. The second kappa shape index (κ2) is 8.89. The molecule has 2 atom stereocenters. The molecule has 1 heterocycles. The van der Waals surface area contributed by atoms with E-state index in [2.05, 4.69) is 5.32 Å². The molecule has 2 rings (SSSR count). The van der Waals surface area contributed by atoms with Crippen LogP contribution in [0.25, 0.3) is 0 Å². The van der Waals surface area contributed by atoms with Gasteiger partial charge in [0.15, 0.2) is 0 Å². The fourth-order valence-corrected chi connectivity index (χ4v) is 2.82. The summed E-state index contributed by atoms with van der Waals surface area (Å²) in [5, 5.41) is 12.6. The summed E-state index contributed by atoms with van der Waals surface area (Å²) in [6.45, 7) is 6.21. The van der Waals surface area contributed by atoms with Gasteiger partial charge >= 0.3 is 12.2 Å². The van der Waals surface area contributed by atoms with E-state index in [1.54, 1.807) is 20.8 Å². The lowest BCUT2D eigenvalue weighted by molar-refractivity contribution is 0.0203. The Bertz CT molecular complexity index is 600. The summed E-state index contributed by atoms with van der Waals surface area (Å²) in [4.78, 5) is 25.6. The lowest BCUT2D eigenvalue weighted by atomic mass is 10.1. The molecule has 2 N–H and O–H groups in total. The highest BCUT2D eigenvalue weighted by Gasteiger charge is 2.36. The minimum Gasteiger partial charge on any atom is -0.445 e. The Labute approximate surface area is 154 Å². The minimum atomic E-state index is -0.589. The zero-order chi connectivity index (χ0) is 19.2. The van der Waals surface area contributed by atoms with Crippen LogP contribution in [-0.4, -0.2) is 53.0 Å². The molecule has 1 fully saturated rings. The average Bonchev–Trinajstić information content (AvgIpc) is 2.93. The number of nitrogens with zero attached hydrogens (tertiary/aromatic N) is 1. The number of aliphatic hydroxyl groups is 1. The number of aliphatic hydroxyl groups excluding tert-OH is 1. The van der Waals surface area contributed by atoms with Crippen molar-refractivity contribution in [2.45, 2.75) is 58.0 Å². The van der Waals surface area contributed by atoms with Crippen molar-refractivity contribution < 1.29 is 24.2 Å². The van der Waals surface area contributed by atoms with Crippen LogP contribution in [0.2, 0.25) is 0 Å². The SMILES string of the molecule is CC(C)(C)OC(=O)N1C[C@H](O)C[C@H]1CCNC(=O)OCc1ccccc1. The summed E-state index contributed by atoms with van der Waals surface area (Å²) in [6, 6.07) is 9.25. The summed E-state index contributed by atoms with van der Waals surface area (Å²) in [6.07, 6.45) is -0.518. The lowest BCUT2D eigenvalue weighted by Gasteiger charge is -2.28. The van der Waals surface area contributed by atoms with E-state index in [1.165, 1.54) is 4.90 Å². The number of carbonyl (C=O) groups is 2. The van der Waals surface area contributed by atoms with Gasteiger partial charge in [0.25, 0.3) is 0 Å². The molecule has 2 amide bonds. The Balaban J connectivity index is 1.74. The molecule has 7 nitrogen and oxygen atoms in total. The minimum absolute atomic E-state index is 0.172. The highest BCUT2D eigenvalue weighted by molar-refractivity contribution is 5.69. The van der Waals surface area contributed by atoms with Crippen LogP contribution < -0.4 is 5.32 Å². The van der Waals surface area contributed by atoms with E-state index in [9.17, 15) is 14.7 Å². The van der Waals surface area contributed by atoms with Gasteiger partial charge in [0.05, 0.1) is 12.6 Å². The van der Waals surface area contributed by atoms with Crippen molar-refractivity contribution in [2.24, 2.45) is 0 Å². The van der Waals surface area contributed by atoms with E-state index in [-0.39, 0.29) is 19.2 Å². The van der Waals surface area contributed by atoms with Crippen molar-refractivity contribution in [1.82, 2.24) is 10.2 Å². The number of hydrogen-bond acceptors (Lipinski definition) is 5. The summed E-state index contributed by atoms with van der Waals surface area (Å²) in [5.74, 6) is 0. The number of nitrogens with one attached hydrogen (secondary N) is 1.